The fraction of sp³-hybridized carbons (Fsp3) is 0.167. The number of benzene rings is 1. The van der Waals surface area contributed by atoms with E-state index in [9.17, 15) is 8.42 Å². The molecule has 0 amide bonds. The van der Waals surface area contributed by atoms with Crippen molar-refractivity contribution < 1.29 is 8.42 Å². The van der Waals surface area contributed by atoms with Crippen LogP contribution in [0.5, 0.6) is 0 Å². The summed E-state index contributed by atoms with van der Waals surface area (Å²) in [6.45, 7) is 1.38. The SMILES string of the molecule is NS(=O)(=O)c1ccc(CNCc2ccc(Cl)s2)cc1. The number of thiophene rings is 1. The minimum absolute atomic E-state index is 0.126. The molecule has 1 aromatic carbocycles. The molecule has 0 aliphatic heterocycles. The Morgan fingerprint density at radius 1 is 1.11 bits per heavy atom. The molecule has 0 fully saturated rings. The van der Waals surface area contributed by atoms with Crippen LogP contribution >= 0.6 is 22.9 Å². The Balaban J connectivity index is 1.90. The zero-order chi connectivity index (χ0) is 13.9. The third kappa shape index (κ3) is 4.29. The minimum atomic E-state index is -3.61. The molecule has 0 spiro atoms. The second kappa shape index (κ2) is 6.02. The van der Waals surface area contributed by atoms with Crippen molar-refractivity contribution in [1.82, 2.24) is 5.32 Å². The Labute approximate surface area is 121 Å². The molecule has 0 saturated heterocycles. The van der Waals surface area contributed by atoms with Crippen LogP contribution < -0.4 is 10.5 Å². The lowest BCUT2D eigenvalue weighted by molar-refractivity contribution is 0.597. The van der Waals surface area contributed by atoms with E-state index in [1.807, 2.05) is 12.1 Å². The molecule has 19 heavy (non-hydrogen) atoms. The number of rotatable bonds is 5. The van der Waals surface area contributed by atoms with Crippen molar-refractivity contribution in [2.75, 3.05) is 0 Å². The van der Waals surface area contributed by atoms with Gasteiger partial charge in [-0.2, -0.15) is 0 Å². The highest BCUT2D eigenvalue weighted by atomic mass is 35.5. The molecule has 2 rings (SSSR count). The smallest absolute Gasteiger partial charge is 0.238 e. The Bertz CT molecular complexity index is 651. The molecule has 0 aliphatic rings. The number of sulfonamides is 1. The third-order valence-corrected chi connectivity index (χ3v) is 4.67. The predicted molar refractivity (Wildman–Crippen MR) is 77.7 cm³/mol. The number of primary sulfonamides is 1. The Kier molecular flexibility index (Phi) is 4.59. The first-order valence-electron chi connectivity index (χ1n) is 5.52. The van der Waals surface area contributed by atoms with Gasteiger partial charge in [-0.25, -0.2) is 13.6 Å². The van der Waals surface area contributed by atoms with Crippen molar-refractivity contribution in [3.63, 3.8) is 0 Å². The number of hydrogen-bond donors (Lipinski definition) is 2. The van der Waals surface area contributed by atoms with Crippen molar-refractivity contribution >= 4 is 33.0 Å². The van der Waals surface area contributed by atoms with Crippen LogP contribution in [0.4, 0.5) is 0 Å². The van der Waals surface area contributed by atoms with E-state index >= 15 is 0 Å². The first-order chi connectivity index (χ1) is 8.95. The van der Waals surface area contributed by atoms with Gasteiger partial charge in [0, 0.05) is 18.0 Å². The topological polar surface area (TPSA) is 72.2 Å². The standard InChI is InChI=1S/C12H13ClN2O2S2/c13-12-6-3-10(18-12)8-15-7-9-1-4-11(5-2-9)19(14,16)17/h1-6,15H,7-8H2,(H2,14,16,17). The van der Waals surface area contributed by atoms with E-state index in [1.165, 1.54) is 23.5 Å². The van der Waals surface area contributed by atoms with Gasteiger partial charge in [0.2, 0.25) is 10.0 Å². The lowest BCUT2D eigenvalue weighted by Gasteiger charge is -2.04. The maximum atomic E-state index is 11.1. The number of nitrogens with two attached hydrogens (primary N) is 1. The number of halogens is 1. The molecule has 7 heteroatoms. The van der Waals surface area contributed by atoms with Gasteiger partial charge in [-0.1, -0.05) is 23.7 Å². The van der Waals surface area contributed by atoms with Crippen molar-refractivity contribution in [3.05, 3.63) is 51.2 Å². The zero-order valence-corrected chi connectivity index (χ0v) is 12.4. The van der Waals surface area contributed by atoms with Gasteiger partial charge >= 0.3 is 0 Å². The van der Waals surface area contributed by atoms with Crippen LogP contribution in [0.3, 0.4) is 0 Å². The van der Waals surface area contributed by atoms with Crippen molar-refractivity contribution in [1.29, 1.82) is 0 Å². The van der Waals surface area contributed by atoms with Crippen LogP contribution in [0.1, 0.15) is 10.4 Å². The van der Waals surface area contributed by atoms with Crippen molar-refractivity contribution in [2.45, 2.75) is 18.0 Å². The largest absolute Gasteiger partial charge is 0.308 e. The van der Waals surface area contributed by atoms with Gasteiger partial charge in [0.05, 0.1) is 9.23 Å². The average Bonchev–Trinajstić information content (AvgIpc) is 2.75. The van der Waals surface area contributed by atoms with Crippen LogP contribution in [0.15, 0.2) is 41.3 Å². The van der Waals surface area contributed by atoms with Gasteiger partial charge in [-0.3, -0.25) is 0 Å². The van der Waals surface area contributed by atoms with E-state index in [2.05, 4.69) is 5.32 Å². The van der Waals surface area contributed by atoms with E-state index in [0.29, 0.717) is 6.54 Å². The summed E-state index contributed by atoms with van der Waals surface area (Å²) >= 11 is 7.37. The van der Waals surface area contributed by atoms with E-state index < -0.39 is 10.0 Å². The van der Waals surface area contributed by atoms with E-state index in [1.54, 1.807) is 12.1 Å². The molecule has 102 valence electrons. The quantitative estimate of drug-likeness (QED) is 0.889. The Hall–Kier alpha value is -0.920. The molecular weight excluding hydrogens is 304 g/mol. The van der Waals surface area contributed by atoms with Gasteiger partial charge < -0.3 is 5.32 Å². The molecule has 4 nitrogen and oxygen atoms in total. The number of hydrogen-bond acceptors (Lipinski definition) is 4. The highest BCUT2D eigenvalue weighted by Crippen LogP contribution is 2.21. The van der Waals surface area contributed by atoms with Crippen LogP contribution in [0.2, 0.25) is 4.34 Å². The maximum Gasteiger partial charge on any atom is 0.238 e. The van der Waals surface area contributed by atoms with Gasteiger partial charge in [-0.15, -0.1) is 11.3 Å². The molecule has 1 aromatic heterocycles. The highest BCUT2D eigenvalue weighted by Gasteiger charge is 2.06. The lowest BCUT2D eigenvalue weighted by Crippen LogP contribution is -2.13. The summed E-state index contributed by atoms with van der Waals surface area (Å²) in [7, 11) is -3.61. The predicted octanol–water partition coefficient (Wildman–Crippen LogP) is 2.34. The van der Waals surface area contributed by atoms with Crippen molar-refractivity contribution in [2.24, 2.45) is 5.14 Å². The van der Waals surface area contributed by atoms with Gasteiger partial charge in [-0.05, 0) is 29.8 Å². The van der Waals surface area contributed by atoms with Crippen LogP contribution in [0, 0.1) is 0 Å². The molecule has 0 atom stereocenters. The summed E-state index contributed by atoms with van der Waals surface area (Å²) in [5.41, 5.74) is 0.995. The second-order valence-corrected chi connectivity index (χ2v) is 7.36. The van der Waals surface area contributed by atoms with E-state index in [4.69, 9.17) is 16.7 Å². The number of nitrogens with one attached hydrogen (secondary N) is 1. The first-order valence-corrected chi connectivity index (χ1v) is 8.26. The molecule has 0 unspecified atom stereocenters. The lowest BCUT2D eigenvalue weighted by atomic mass is 10.2. The molecule has 0 bridgehead atoms. The van der Waals surface area contributed by atoms with Gasteiger partial charge in [0.1, 0.15) is 0 Å². The summed E-state index contributed by atoms with van der Waals surface area (Å²) in [6.07, 6.45) is 0. The molecule has 1 heterocycles. The molecule has 0 radical (unpaired) electrons. The van der Waals surface area contributed by atoms with Crippen LogP contribution in [-0.2, 0) is 23.1 Å². The minimum Gasteiger partial charge on any atom is -0.308 e. The molecule has 2 aromatic rings. The summed E-state index contributed by atoms with van der Waals surface area (Å²) in [6, 6.07) is 10.3. The van der Waals surface area contributed by atoms with Gasteiger partial charge in [0.15, 0.2) is 0 Å². The van der Waals surface area contributed by atoms with Crippen molar-refractivity contribution in [3.8, 4) is 0 Å². The van der Waals surface area contributed by atoms with Crippen LogP contribution in [0.25, 0.3) is 0 Å². The van der Waals surface area contributed by atoms with E-state index in [-0.39, 0.29) is 4.90 Å². The van der Waals surface area contributed by atoms with Crippen LogP contribution in [-0.4, -0.2) is 8.42 Å². The average molecular weight is 317 g/mol. The molecule has 0 saturated carbocycles. The normalized spacial score (nSPS) is 11.7. The Morgan fingerprint density at radius 3 is 2.32 bits per heavy atom. The fourth-order valence-corrected chi connectivity index (χ4v) is 3.15. The third-order valence-electron chi connectivity index (χ3n) is 2.51. The first kappa shape index (κ1) is 14.5. The Morgan fingerprint density at radius 2 is 1.79 bits per heavy atom. The van der Waals surface area contributed by atoms with E-state index in [0.717, 1.165) is 21.3 Å². The second-order valence-electron chi connectivity index (χ2n) is 4.00. The highest BCUT2D eigenvalue weighted by molar-refractivity contribution is 7.89. The molecule has 3 N–H and O–H groups in total. The molecular formula is C12H13ClN2O2S2. The zero-order valence-electron chi connectivity index (χ0n) is 9.97. The summed E-state index contributed by atoms with van der Waals surface area (Å²) in [5.74, 6) is 0. The fourth-order valence-electron chi connectivity index (χ4n) is 1.57. The molecule has 0 aliphatic carbocycles. The monoisotopic (exact) mass is 316 g/mol. The maximum absolute atomic E-state index is 11.1. The van der Waals surface area contributed by atoms with Gasteiger partial charge in [0.25, 0.3) is 0 Å². The summed E-state index contributed by atoms with van der Waals surface area (Å²) < 4.78 is 23.0. The summed E-state index contributed by atoms with van der Waals surface area (Å²) in [5, 5.41) is 8.29. The summed E-state index contributed by atoms with van der Waals surface area (Å²) in [4.78, 5) is 1.28.